The average molecular weight is 565 g/mol. The molecule has 0 heterocycles. The Bertz CT molecular complexity index is 1130. The van der Waals surface area contributed by atoms with E-state index in [2.05, 4.69) is 0 Å². The molecule has 8 atom stereocenters. The molecule has 4 aliphatic rings. The van der Waals surface area contributed by atoms with E-state index in [4.69, 9.17) is 18.9 Å². The second-order valence-electron chi connectivity index (χ2n) is 12.5. The van der Waals surface area contributed by atoms with Crippen molar-refractivity contribution in [3.8, 4) is 0 Å². The highest BCUT2D eigenvalue weighted by atomic mass is 19.1. The molecular formula is C30H41FO9. The van der Waals surface area contributed by atoms with Gasteiger partial charge >= 0.3 is 12.3 Å². The van der Waals surface area contributed by atoms with E-state index in [1.807, 2.05) is 6.92 Å². The van der Waals surface area contributed by atoms with E-state index in [1.165, 1.54) is 12.2 Å². The molecule has 0 aromatic rings. The molecule has 3 saturated carbocycles. The molecule has 0 amide bonds. The third kappa shape index (κ3) is 4.37. The molecule has 0 radical (unpaired) electrons. The molecule has 10 heteroatoms. The fourth-order valence-electron chi connectivity index (χ4n) is 8.20. The third-order valence-corrected chi connectivity index (χ3v) is 9.92. The predicted molar refractivity (Wildman–Crippen MR) is 141 cm³/mol. The van der Waals surface area contributed by atoms with Crippen LogP contribution in [0.15, 0.2) is 23.8 Å². The van der Waals surface area contributed by atoms with E-state index in [9.17, 15) is 24.3 Å². The van der Waals surface area contributed by atoms with Gasteiger partial charge in [0.05, 0.1) is 18.8 Å². The Morgan fingerprint density at radius 1 is 1.15 bits per heavy atom. The lowest BCUT2D eigenvalue weighted by Crippen LogP contribution is -2.70. The van der Waals surface area contributed by atoms with Gasteiger partial charge in [-0.15, -0.1) is 0 Å². The Balaban J connectivity index is 1.75. The summed E-state index contributed by atoms with van der Waals surface area (Å²) in [6.45, 7) is 9.65. The maximum absolute atomic E-state index is 17.5. The minimum absolute atomic E-state index is 0.0756. The summed E-state index contributed by atoms with van der Waals surface area (Å²) in [5.74, 6) is -2.65. The van der Waals surface area contributed by atoms with Crippen molar-refractivity contribution >= 4 is 23.9 Å². The lowest BCUT2D eigenvalue weighted by molar-refractivity contribution is -0.222. The number of allylic oxidation sites excluding steroid dienone is 4. The highest BCUT2D eigenvalue weighted by Gasteiger charge is 2.77. The number of alkyl halides is 1. The normalized spacial score (nSPS) is 39.9. The first-order valence-electron chi connectivity index (χ1n) is 14.2. The number of hydrogen-bond donors (Lipinski definition) is 1. The zero-order valence-electron chi connectivity index (χ0n) is 24.2. The van der Waals surface area contributed by atoms with Gasteiger partial charge in [-0.25, -0.2) is 14.0 Å². The van der Waals surface area contributed by atoms with Crippen LogP contribution >= 0.6 is 0 Å². The van der Waals surface area contributed by atoms with Crippen molar-refractivity contribution in [3.63, 3.8) is 0 Å². The molecule has 4 rings (SSSR count). The summed E-state index contributed by atoms with van der Waals surface area (Å²) in [5, 5.41) is 11.6. The number of hydrogen-bond acceptors (Lipinski definition) is 9. The van der Waals surface area contributed by atoms with Crippen molar-refractivity contribution in [1.82, 2.24) is 0 Å². The standard InChI is InChI=1S/C30H41FO9/c1-7-12-37-26(36)40-30(24(34)16-38-25(35)39-17(2)3)18(4)13-22-21-9-8-19-14-20(32)10-11-27(19,5)29(21,31)23(33)15-28(22,30)6/h10-11,14,17-18,21-23,33H,7-9,12-13,15-16H2,1-6H3/t18-,21+,22+,23+,27+,28+,29+,30+/m1/s1. The van der Waals surface area contributed by atoms with Gasteiger partial charge in [-0.2, -0.15) is 0 Å². The second-order valence-corrected chi connectivity index (χ2v) is 12.5. The molecule has 0 aromatic heterocycles. The van der Waals surface area contributed by atoms with E-state index in [-0.39, 0.29) is 18.8 Å². The van der Waals surface area contributed by atoms with Crippen molar-refractivity contribution in [3.05, 3.63) is 23.8 Å². The van der Waals surface area contributed by atoms with Gasteiger partial charge in [0.25, 0.3) is 0 Å². The molecule has 0 bridgehead atoms. The first-order valence-corrected chi connectivity index (χ1v) is 14.2. The van der Waals surface area contributed by atoms with Crippen LogP contribution in [0.25, 0.3) is 0 Å². The molecule has 0 saturated heterocycles. The molecule has 9 nitrogen and oxygen atoms in total. The predicted octanol–water partition coefficient (Wildman–Crippen LogP) is 5.04. The third-order valence-electron chi connectivity index (χ3n) is 9.92. The molecule has 0 spiro atoms. The van der Waals surface area contributed by atoms with Crippen LogP contribution in [0.3, 0.4) is 0 Å². The Morgan fingerprint density at radius 2 is 1.85 bits per heavy atom. The molecule has 1 N–H and O–H groups in total. The van der Waals surface area contributed by atoms with Gasteiger partial charge in [-0.1, -0.05) is 32.4 Å². The Labute approximate surface area is 234 Å². The molecule has 3 fully saturated rings. The second kappa shape index (κ2) is 10.6. The van der Waals surface area contributed by atoms with E-state index in [1.54, 1.807) is 40.7 Å². The largest absolute Gasteiger partial charge is 0.509 e. The number of carbonyl (C=O) groups is 4. The highest BCUT2D eigenvalue weighted by Crippen LogP contribution is 2.71. The Hall–Kier alpha value is -2.75. The number of rotatable bonds is 7. The topological polar surface area (TPSA) is 125 Å². The molecule has 40 heavy (non-hydrogen) atoms. The van der Waals surface area contributed by atoms with Gasteiger partial charge in [-0.3, -0.25) is 9.59 Å². The maximum Gasteiger partial charge on any atom is 0.509 e. The average Bonchev–Trinajstić information content (AvgIpc) is 3.09. The summed E-state index contributed by atoms with van der Waals surface area (Å²) >= 11 is 0. The zero-order chi connectivity index (χ0) is 29.7. The molecule has 0 aliphatic heterocycles. The lowest BCUT2D eigenvalue weighted by Gasteiger charge is -2.62. The molecule has 222 valence electrons. The van der Waals surface area contributed by atoms with Crippen LogP contribution in [0, 0.1) is 28.6 Å². The van der Waals surface area contributed by atoms with Crippen molar-refractivity contribution in [1.29, 1.82) is 0 Å². The number of Topliss-reactive ketones (excluding diaryl/α,β-unsaturated/α-hetero) is 1. The van der Waals surface area contributed by atoms with Crippen LogP contribution in [0.1, 0.15) is 73.6 Å². The lowest BCUT2D eigenvalue weighted by atomic mass is 9.44. The van der Waals surface area contributed by atoms with Crippen molar-refractivity contribution in [2.75, 3.05) is 13.2 Å². The maximum atomic E-state index is 17.5. The minimum atomic E-state index is -2.11. The van der Waals surface area contributed by atoms with E-state index in [0.29, 0.717) is 31.3 Å². The van der Waals surface area contributed by atoms with Crippen LogP contribution < -0.4 is 0 Å². The smallest absolute Gasteiger partial charge is 0.434 e. The first kappa shape index (κ1) is 30.2. The fraction of sp³-hybridized carbons (Fsp3) is 0.733. The first-order chi connectivity index (χ1) is 18.7. The van der Waals surface area contributed by atoms with Crippen LogP contribution in [-0.2, 0) is 28.5 Å². The molecular weight excluding hydrogens is 523 g/mol. The van der Waals surface area contributed by atoms with Crippen LogP contribution in [0.2, 0.25) is 0 Å². The Morgan fingerprint density at radius 3 is 2.50 bits per heavy atom. The SMILES string of the molecule is CCCOC(=O)O[C@]1(C(=O)COC(=O)OC(C)C)[C@H](C)C[C@H]2[C@@H]3CCC4=CC(=O)C=C[C@]4(C)[C@@]3(F)[C@@H](O)C[C@@]21C. The molecule has 0 aromatic carbocycles. The van der Waals surface area contributed by atoms with Gasteiger partial charge < -0.3 is 24.1 Å². The number of ketones is 2. The van der Waals surface area contributed by atoms with Crippen molar-refractivity contribution < 1.29 is 47.6 Å². The summed E-state index contributed by atoms with van der Waals surface area (Å²) < 4.78 is 38.7. The summed E-state index contributed by atoms with van der Waals surface area (Å²) in [6, 6.07) is 0. The van der Waals surface area contributed by atoms with Gasteiger partial charge in [0.1, 0.15) is 0 Å². The monoisotopic (exact) mass is 564 g/mol. The van der Waals surface area contributed by atoms with Crippen LogP contribution in [0.4, 0.5) is 14.0 Å². The number of aliphatic hydroxyl groups excluding tert-OH is 1. The quantitative estimate of drug-likeness (QED) is 0.424. The van der Waals surface area contributed by atoms with E-state index >= 15 is 4.39 Å². The number of fused-ring (bicyclic) bond motifs is 5. The Kier molecular flexibility index (Phi) is 7.99. The summed E-state index contributed by atoms with van der Waals surface area (Å²) in [4.78, 5) is 51.1. The van der Waals surface area contributed by atoms with Gasteiger partial charge in [-0.05, 0) is 70.9 Å². The summed E-state index contributed by atoms with van der Waals surface area (Å²) in [5.41, 5.74) is -5.72. The minimum Gasteiger partial charge on any atom is -0.434 e. The van der Waals surface area contributed by atoms with E-state index in [0.717, 1.165) is 0 Å². The molecule has 0 unspecified atom stereocenters. The van der Waals surface area contributed by atoms with E-state index < -0.39 is 76.8 Å². The number of halogens is 1. The van der Waals surface area contributed by atoms with Gasteiger partial charge in [0.2, 0.25) is 5.78 Å². The van der Waals surface area contributed by atoms with Crippen LogP contribution in [0.5, 0.6) is 0 Å². The number of carbonyl (C=O) groups excluding carboxylic acids is 4. The highest BCUT2D eigenvalue weighted by molar-refractivity contribution is 6.01. The van der Waals surface area contributed by atoms with Gasteiger partial charge in [0, 0.05) is 22.7 Å². The molecule has 4 aliphatic carbocycles. The van der Waals surface area contributed by atoms with Crippen LogP contribution in [-0.4, -0.2) is 65.7 Å². The van der Waals surface area contributed by atoms with Crippen molar-refractivity contribution in [2.24, 2.45) is 28.6 Å². The number of aliphatic hydroxyl groups is 1. The fourth-order valence-corrected chi connectivity index (χ4v) is 8.20. The van der Waals surface area contributed by atoms with Gasteiger partial charge in [0.15, 0.2) is 23.7 Å². The zero-order valence-corrected chi connectivity index (χ0v) is 24.2. The summed E-state index contributed by atoms with van der Waals surface area (Å²) in [7, 11) is 0. The number of ether oxygens (including phenoxy) is 4. The van der Waals surface area contributed by atoms with Crippen molar-refractivity contribution in [2.45, 2.75) is 97.1 Å². The summed E-state index contributed by atoms with van der Waals surface area (Å²) in [6.07, 6.45) is 1.77.